The largest absolute Gasteiger partial charge is 0.462 e. The number of aromatic nitrogens is 1. The molecule has 1 aliphatic heterocycles. The first-order valence-electron chi connectivity index (χ1n) is 6.69. The van der Waals surface area contributed by atoms with Crippen LogP contribution in [0.1, 0.15) is 32.0 Å². The number of amides is 1. The van der Waals surface area contributed by atoms with E-state index in [9.17, 15) is 9.59 Å². The summed E-state index contributed by atoms with van der Waals surface area (Å²) in [5.74, 6) is -0.468. The molecule has 1 N–H and O–H groups in total. The Labute approximate surface area is 122 Å². The fourth-order valence-electron chi connectivity index (χ4n) is 2.35. The van der Waals surface area contributed by atoms with E-state index in [0.29, 0.717) is 24.2 Å². The SMILES string of the molecule is Cc1cc2c(c(NC(=O)c3ccccc3)n1)C(=O)OCC2. The maximum Gasteiger partial charge on any atom is 0.342 e. The number of cyclic esters (lactones) is 1. The van der Waals surface area contributed by atoms with Gasteiger partial charge in [-0.25, -0.2) is 9.78 Å². The molecule has 5 heteroatoms. The minimum absolute atomic E-state index is 0.267. The third kappa shape index (κ3) is 2.63. The molecule has 0 saturated heterocycles. The highest BCUT2D eigenvalue weighted by molar-refractivity contribution is 6.07. The molecule has 3 rings (SSSR count). The smallest absolute Gasteiger partial charge is 0.342 e. The van der Waals surface area contributed by atoms with Crippen molar-refractivity contribution in [2.45, 2.75) is 13.3 Å². The summed E-state index contributed by atoms with van der Waals surface area (Å²) in [6.07, 6.45) is 0.638. The van der Waals surface area contributed by atoms with Gasteiger partial charge in [0.1, 0.15) is 11.4 Å². The number of fused-ring (bicyclic) bond motifs is 1. The van der Waals surface area contributed by atoms with E-state index in [1.54, 1.807) is 24.3 Å². The van der Waals surface area contributed by atoms with Crippen molar-refractivity contribution in [1.29, 1.82) is 0 Å². The van der Waals surface area contributed by atoms with Crippen molar-refractivity contribution in [3.8, 4) is 0 Å². The van der Waals surface area contributed by atoms with Gasteiger partial charge in [-0.1, -0.05) is 18.2 Å². The van der Waals surface area contributed by atoms with Gasteiger partial charge in [-0.05, 0) is 30.7 Å². The normalized spacial score (nSPS) is 13.3. The average Bonchev–Trinajstić information content (AvgIpc) is 2.47. The molecule has 21 heavy (non-hydrogen) atoms. The molecule has 0 atom stereocenters. The first kappa shape index (κ1) is 13.3. The Morgan fingerprint density at radius 2 is 2.05 bits per heavy atom. The minimum Gasteiger partial charge on any atom is -0.462 e. The Kier molecular flexibility index (Phi) is 3.39. The van der Waals surface area contributed by atoms with Crippen molar-refractivity contribution in [1.82, 2.24) is 4.98 Å². The molecule has 5 nitrogen and oxygen atoms in total. The van der Waals surface area contributed by atoms with Crippen LogP contribution < -0.4 is 5.32 Å². The molecular weight excluding hydrogens is 268 g/mol. The standard InChI is InChI=1S/C16H14N2O3/c1-10-9-12-7-8-21-16(20)13(12)14(17-10)18-15(19)11-5-3-2-4-6-11/h2-6,9H,7-8H2,1H3,(H,17,18,19). The number of ether oxygens (including phenoxy) is 1. The van der Waals surface area contributed by atoms with Crippen molar-refractivity contribution in [2.75, 3.05) is 11.9 Å². The molecule has 0 spiro atoms. The molecule has 0 fully saturated rings. The quantitative estimate of drug-likeness (QED) is 0.858. The molecule has 1 aromatic carbocycles. The molecule has 1 amide bonds. The van der Waals surface area contributed by atoms with Crippen molar-refractivity contribution in [2.24, 2.45) is 0 Å². The molecular formula is C16H14N2O3. The second kappa shape index (κ2) is 5.36. The van der Waals surface area contributed by atoms with Crippen molar-refractivity contribution in [3.05, 3.63) is 58.8 Å². The Balaban J connectivity index is 1.97. The molecule has 0 bridgehead atoms. The number of aryl methyl sites for hydroxylation is 1. The lowest BCUT2D eigenvalue weighted by Crippen LogP contribution is -2.23. The highest BCUT2D eigenvalue weighted by Crippen LogP contribution is 2.24. The van der Waals surface area contributed by atoms with Crippen LogP contribution in [-0.4, -0.2) is 23.5 Å². The lowest BCUT2D eigenvalue weighted by molar-refractivity contribution is 0.0481. The van der Waals surface area contributed by atoms with Crippen LogP contribution in [-0.2, 0) is 11.2 Å². The molecule has 0 saturated carbocycles. The van der Waals surface area contributed by atoms with Crippen LogP contribution >= 0.6 is 0 Å². The summed E-state index contributed by atoms with van der Waals surface area (Å²) in [7, 11) is 0. The summed E-state index contributed by atoms with van der Waals surface area (Å²) >= 11 is 0. The van der Waals surface area contributed by atoms with E-state index in [4.69, 9.17) is 4.74 Å². The number of anilines is 1. The van der Waals surface area contributed by atoms with Gasteiger partial charge in [0.05, 0.1) is 6.61 Å². The number of carbonyl (C=O) groups is 2. The molecule has 2 aromatic rings. The van der Waals surface area contributed by atoms with Crippen LogP contribution in [0.4, 0.5) is 5.82 Å². The number of hydrogen-bond donors (Lipinski definition) is 1. The van der Waals surface area contributed by atoms with E-state index < -0.39 is 5.97 Å². The fraction of sp³-hybridized carbons (Fsp3) is 0.188. The zero-order chi connectivity index (χ0) is 14.8. The second-order valence-corrected chi connectivity index (χ2v) is 4.85. The van der Waals surface area contributed by atoms with Crippen LogP contribution in [0, 0.1) is 6.92 Å². The van der Waals surface area contributed by atoms with Gasteiger partial charge in [-0.15, -0.1) is 0 Å². The van der Waals surface area contributed by atoms with Gasteiger partial charge in [-0.2, -0.15) is 0 Å². The zero-order valence-corrected chi connectivity index (χ0v) is 11.6. The van der Waals surface area contributed by atoms with Crippen molar-refractivity contribution >= 4 is 17.7 Å². The summed E-state index contributed by atoms with van der Waals surface area (Å²) in [5.41, 5.74) is 2.49. The lowest BCUT2D eigenvalue weighted by Gasteiger charge is -2.19. The number of pyridine rings is 1. The average molecular weight is 282 g/mol. The topological polar surface area (TPSA) is 68.3 Å². The van der Waals surface area contributed by atoms with Crippen molar-refractivity contribution < 1.29 is 14.3 Å². The van der Waals surface area contributed by atoms with E-state index in [-0.39, 0.29) is 11.7 Å². The van der Waals surface area contributed by atoms with Gasteiger partial charge in [-0.3, -0.25) is 4.79 Å². The van der Waals surface area contributed by atoms with Crippen LogP contribution in [0.2, 0.25) is 0 Å². The van der Waals surface area contributed by atoms with Crippen LogP contribution in [0.3, 0.4) is 0 Å². The van der Waals surface area contributed by atoms with E-state index in [2.05, 4.69) is 10.3 Å². The number of benzene rings is 1. The number of esters is 1. The number of nitrogens with one attached hydrogen (secondary N) is 1. The second-order valence-electron chi connectivity index (χ2n) is 4.85. The van der Waals surface area contributed by atoms with Gasteiger partial charge >= 0.3 is 5.97 Å². The molecule has 0 radical (unpaired) electrons. The van der Waals surface area contributed by atoms with E-state index in [1.807, 2.05) is 19.1 Å². The van der Waals surface area contributed by atoms with Crippen LogP contribution in [0.15, 0.2) is 36.4 Å². The number of nitrogens with zero attached hydrogens (tertiary/aromatic N) is 1. The van der Waals surface area contributed by atoms with Gasteiger partial charge in [0.2, 0.25) is 0 Å². The van der Waals surface area contributed by atoms with Gasteiger partial charge < -0.3 is 10.1 Å². The third-order valence-corrected chi connectivity index (χ3v) is 3.31. The molecule has 2 heterocycles. The van der Waals surface area contributed by atoms with Crippen LogP contribution in [0.5, 0.6) is 0 Å². The lowest BCUT2D eigenvalue weighted by atomic mass is 10.0. The maximum absolute atomic E-state index is 12.2. The van der Waals surface area contributed by atoms with E-state index in [1.165, 1.54) is 0 Å². The Hall–Kier alpha value is -2.69. The first-order chi connectivity index (χ1) is 10.1. The predicted molar refractivity (Wildman–Crippen MR) is 77.4 cm³/mol. The minimum atomic E-state index is -0.438. The molecule has 106 valence electrons. The van der Waals surface area contributed by atoms with Gasteiger partial charge in [0.25, 0.3) is 5.91 Å². The first-order valence-corrected chi connectivity index (χ1v) is 6.69. The molecule has 0 aliphatic carbocycles. The maximum atomic E-state index is 12.2. The summed E-state index contributed by atoms with van der Waals surface area (Å²) in [4.78, 5) is 28.4. The Morgan fingerprint density at radius 3 is 2.81 bits per heavy atom. The predicted octanol–water partition coefficient (Wildman–Crippen LogP) is 2.36. The zero-order valence-electron chi connectivity index (χ0n) is 11.6. The van der Waals surface area contributed by atoms with E-state index in [0.717, 1.165) is 11.3 Å². The van der Waals surface area contributed by atoms with Crippen molar-refractivity contribution in [3.63, 3.8) is 0 Å². The molecule has 0 unspecified atom stereocenters. The molecule has 1 aliphatic rings. The Morgan fingerprint density at radius 1 is 1.29 bits per heavy atom. The fourth-order valence-corrected chi connectivity index (χ4v) is 2.35. The summed E-state index contributed by atoms with van der Waals surface area (Å²) in [6, 6.07) is 10.7. The summed E-state index contributed by atoms with van der Waals surface area (Å²) < 4.78 is 5.04. The number of hydrogen-bond acceptors (Lipinski definition) is 4. The van der Waals surface area contributed by atoms with E-state index >= 15 is 0 Å². The summed E-state index contributed by atoms with van der Waals surface area (Å²) in [6.45, 7) is 2.19. The van der Waals surface area contributed by atoms with Crippen LogP contribution in [0.25, 0.3) is 0 Å². The molecule has 1 aromatic heterocycles. The Bertz CT molecular complexity index is 711. The highest BCUT2D eigenvalue weighted by Gasteiger charge is 2.25. The number of rotatable bonds is 2. The summed E-state index contributed by atoms with van der Waals surface area (Å²) in [5, 5.41) is 2.71. The highest BCUT2D eigenvalue weighted by atomic mass is 16.5. The number of carbonyl (C=O) groups excluding carboxylic acids is 2. The van der Waals surface area contributed by atoms with Gasteiger partial charge in [0, 0.05) is 17.7 Å². The van der Waals surface area contributed by atoms with Gasteiger partial charge in [0.15, 0.2) is 0 Å². The third-order valence-electron chi connectivity index (χ3n) is 3.31. The monoisotopic (exact) mass is 282 g/mol.